The largest absolute Gasteiger partial charge is 0.392 e. The summed E-state index contributed by atoms with van der Waals surface area (Å²) in [4.78, 5) is 14.7. The Balaban J connectivity index is 1.29. The van der Waals surface area contributed by atoms with Gasteiger partial charge in [-0.1, -0.05) is 30.3 Å². The maximum atomic E-state index is 14.1. The van der Waals surface area contributed by atoms with E-state index in [-0.39, 0.29) is 31.5 Å². The Morgan fingerprint density at radius 1 is 1.05 bits per heavy atom. The summed E-state index contributed by atoms with van der Waals surface area (Å²) in [6.45, 7) is 3.44. The SMILES string of the molecule is Cc1c(-c2cc3ccc(-c4cccc(CO)c4)cc3n2CC2CC2)nn2cc(C(=O)N3C[C@H](N)C[C@@H](F)C3)ccc12. The van der Waals surface area contributed by atoms with Crippen LogP contribution >= 0.6 is 0 Å². The second-order valence-corrected chi connectivity index (χ2v) is 11.7. The molecule has 1 aliphatic heterocycles. The average molecular weight is 552 g/mol. The smallest absolute Gasteiger partial charge is 0.255 e. The molecule has 2 aromatic carbocycles. The summed E-state index contributed by atoms with van der Waals surface area (Å²) in [6, 6.07) is 20.1. The number of nitrogens with zero attached hydrogens (tertiary/aromatic N) is 4. The second-order valence-electron chi connectivity index (χ2n) is 11.7. The third-order valence-corrected chi connectivity index (χ3v) is 8.57. The molecule has 2 aliphatic rings. The van der Waals surface area contributed by atoms with Gasteiger partial charge in [-0.3, -0.25) is 4.79 Å². The summed E-state index contributed by atoms with van der Waals surface area (Å²) in [5.74, 6) is 0.433. The summed E-state index contributed by atoms with van der Waals surface area (Å²) >= 11 is 0. The van der Waals surface area contributed by atoms with Crippen LogP contribution < -0.4 is 5.73 Å². The first kappa shape index (κ1) is 25.9. The van der Waals surface area contributed by atoms with E-state index in [9.17, 15) is 14.3 Å². The van der Waals surface area contributed by atoms with Gasteiger partial charge in [0.1, 0.15) is 11.9 Å². The minimum atomic E-state index is -1.10. The molecule has 1 saturated carbocycles. The van der Waals surface area contributed by atoms with E-state index in [2.05, 4.69) is 41.8 Å². The Morgan fingerprint density at radius 2 is 1.88 bits per heavy atom. The van der Waals surface area contributed by atoms with Crippen LogP contribution in [0.2, 0.25) is 0 Å². The van der Waals surface area contributed by atoms with Crippen LogP contribution in [0.4, 0.5) is 4.39 Å². The highest BCUT2D eigenvalue weighted by molar-refractivity contribution is 5.95. The minimum Gasteiger partial charge on any atom is -0.392 e. The number of aliphatic hydroxyl groups is 1. The van der Waals surface area contributed by atoms with Gasteiger partial charge in [0.25, 0.3) is 5.91 Å². The fourth-order valence-electron chi connectivity index (χ4n) is 6.20. The van der Waals surface area contributed by atoms with Gasteiger partial charge < -0.3 is 20.3 Å². The molecular formula is C33H34FN5O2. The van der Waals surface area contributed by atoms with Crippen molar-refractivity contribution in [3.05, 3.63) is 83.6 Å². The van der Waals surface area contributed by atoms with Crippen LogP contribution in [0.25, 0.3) is 38.9 Å². The van der Waals surface area contributed by atoms with E-state index in [1.165, 1.54) is 17.7 Å². The van der Waals surface area contributed by atoms with Crippen molar-refractivity contribution in [3.63, 3.8) is 0 Å². The summed E-state index contributed by atoms with van der Waals surface area (Å²) in [5, 5.41) is 15.8. The van der Waals surface area contributed by atoms with Gasteiger partial charge in [-0.2, -0.15) is 5.10 Å². The van der Waals surface area contributed by atoms with Crippen molar-refractivity contribution in [2.45, 2.75) is 51.6 Å². The fourth-order valence-corrected chi connectivity index (χ4v) is 6.20. The first-order valence-electron chi connectivity index (χ1n) is 14.4. The highest BCUT2D eigenvalue weighted by Crippen LogP contribution is 2.38. The second kappa shape index (κ2) is 10.1. The third-order valence-electron chi connectivity index (χ3n) is 8.57. The number of fused-ring (bicyclic) bond motifs is 2. The van der Waals surface area contributed by atoms with Crippen molar-refractivity contribution < 1.29 is 14.3 Å². The number of aromatic nitrogens is 3. The molecule has 2 fully saturated rings. The van der Waals surface area contributed by atoms with Crippen LogP contribution in [-0.2, 0) is 13.2 Å². The van der Waals surface area contributed by atoms with E-state index in [0.717, 1.165) is 56.6 Å². The van der Waals surface area contributed by atoms with Gasteiger partial charge in [0.15, 0.2) is 0 Å². The number of alkyl halides is 1. The number of piperidine rings is 1. The Hall–Kier alpha value is -4.01. The molecule has 5 aromatic rings. The monoisotopic (exact) mass is 551 g/mol. The lowest BCUT2D eigenvalue weighted by Crippen LogP contribution is -2.50. The molecule has 2 atom stereocenters. The van der Waals surface area contributed by atoms with Gasteiger partial charge in [-0.15, -0.1) is 0 Å². The number of benzene rings is 2. The standard InChI is InChI=1S/C33H34FN5O2/c1-20-29-10-9-26(33(41)37-17-27(34)14-28(35)18-37)16-39(29)36-32(20)31-13-25-8-7-24(23-4-2-3-22(11-23)19-40)12-30(25)38(31)15-21-5-6-21/h2-4,7-13,16,21,27-28,40H,5-6,14-15,17-19,35H2,1H3/t27-,28-/m1/s1. The molecule has 0 bridgehead atoms. The van der Waals surface area contributed by atoms with Crippen LogP contribution in [-0.4, -0.2) is 55.4 Å². The lowest BCUT2D eigenvalue weighted by atomic mass is 10.0. The number of likely N-dealkylation sites (tertiary alicyclic amines) is 1. The van der Waals surface area contributed by atoms with E-state index in [1.807, 2.05) is 24.3 Å². The normalized spacial score (nSPS) is 19.4. The molecule has 3 aromatic heterocycles. The molecule has 0 spiro atoms. The number of halogens is 1. The molecule has 4 heterocycles. The number of carbonyl (C=O) groups is 1. The molecule has 7 rings (SSSR count). The number of amides is 1. The van der Waals surface area contributed by atoms with Crippen molar-refractivity contribution in [1.29, 1.82) is 0 Å². The van der Waals surface area contributed by atoms with Crippen molar-refractivity contribution >= 4 is 22.3 Å². The predicted molar refractivity (Wildman–Crippen MR) is 158 cm³/mol. The van der Waals surface area contributed by atoms with Gasteiger partial charge in [0, 0.05) is 41.8 Å². The summed E-state index contributed by atoms with van der Waals surface area (Å²) in [5.41, 5.74) is 14.6. The van der Waals surface area contributed by atoms with Crippen LogP contribution in [0.3, 0.4) is 0 Å². The van der Waals surface area contributed by atoms with Crippen LogP contribution in [0.5, 0.6) is 0 Å². The maximum Gasteiger partial charge on any atom is 0.255 e. The molecule has 1 saturated heterocycles. The van der Waals surface area contributed by atoms with E-state index in [4.69, 9.17) is 10.8 Å². The number of carbonyl (C=O) groups excluding carboxylic acids is 1. The minimum absolute atomic E-state index is 0.0146. The summed E-state index contributed by atoms with van der Waals surface area (Å²) in [6.07, 6.45) is 3.40. The molecular weight excluding hydrogens is 517 g/mol. The molecule has 210 valence electrons. The predicted octanol–water partition coefficient (Wildman–Crippen LogP) is 5.35. The molecule has 3 N–H and O–H groups in total. The molecule has 1 amide bonds. The molecule has 1 aliphatic carbocycles. The zero-order chi connectivity index (χ0) is 28.2. The first-order valence-corrected chi connectivity index (χ1v) is 14.4. The number of hydrogen-bond acceptors (Lipinski definition) is 4. The zero-order valence-electron chi connectivity index (χ0n) is 23.1. The molecule has 7 nitrogen and oxygen atoms in total. The van der Waals surface area contributed by atoms with Gasteiger partial charge >= 0.3 is 0 Å². The Bertz CT molecular complexity index is 1780. The van der Waals surface area contributed by atoms with Crippen LogP contribution in [0, 0.1) is 12.8 Å². The Morgan fingerprint density at radius 3 is 2.66 bits per heavy atom. The first-order chi connectivity index (χ1) is 19.9. The van der Waals surface area contributed by atoms with Crippen molar-refractivity contribution in [2.24, 2.45) is 11.7 Å². The van der Waals surface area contributed by atoms with Gasteiger partial charge in [-0.25, -0.2) is 8.91 Å². The van der Waals surface area contributed by atoms with E-state index >= 15 is 0 Å². The van der Waals surface area contributed by atoms with E-state index in [0.29, 0.717) is 18.0 Å². The van der Waals surface area contributed by atoms with Crippen molar-refractivity contribution in [1.82, 2.24) is 19.1 Å². The number of pyridine rings is 1. The molecule has 0 unspecified atom stereocenters. The molecule has 8 heteroatoms. The topological polar surface area (TPSA) is 88.8 Å². The van der Waals surface area contributed by atoms with Gasteiger partial charge in [-0.05, 0) is 79.1 Å². The zero-order valence-corrected chi connectivity index (χ0v) is 23.1. The Kier molecular flexibility index (Phi) is 6.40. The van der Waals surface area contributed by atoms with Crippen LogP contribution in [0.15, 0.2) is 66.9 Å². The van der Waals surface area contributed by atoms with Gasteiger partial charge in [0.2, 0.25) is 0 Å². The van der Waals surface area contributed by atoms with E-state index in [1.54, 1.807) is 16.8 Å². The quantitative estimate of drug-likeness (QED) is 0.298. The lowest BCUT2D eigenvalue weighted by molar-refractivity contribution is 0.0606. The Labute approximate surface area is 238 Å². The number of aryl methyl sites for hydroxylation is 1. The number of aliphatic hydroxyl groups excluding tert-OH is 1. The van der Waals surface area contributed by atoms with E-state index < -0.39 is 6.17 Å². The third kappa shape index (κ3) is 4.81. The van der Waals surface area contributed by atoms with Crippen molar-refractivity contribution in [3.8, 4) is 22.5 Å². The van der Waals surface area contributed by atoms with Gasteiger partial charge in [0.05, 0.1) is 29.9 Å². The average Bonchev–Trinajstić information content (AvgIpc) is 3.65. The lowest BCUT2D eigenvalue weighted by Gasteiger charge is -2.32. The number of nitrogens with two attached hydrogens (primary N) is 1. The highest BCUT2D eigenvalue weighted by atomic mass is 19.1. The fraction of sp³-hybridized carbons (Fsp3) is 0.333. The molecule has 0 radical (unpaired) electrons. The van der Waals surface area contributed by atoms with Crippen LogP contribution in [0.1, 0.15) is 40.7 Å². The maximum absolute atomic E-state index is 14.1. The van der Waals surface area contributed by atoms with Crippen molar-refractivity contribution in [2.75, 3.05) is 13.1 Å². The number of rotatable bonds is 6. The number of hydrogen-bond donors (Lipinski definition) is 2. The molecule has 41 heavy (non-hydrogen) atoms. The summed E-state index contributed by atoms with van der Waals surface area (Å²) in [7, 11) is 0. The highest BCUT2D eigenvalue weighted by Gasteiger charge is 2.29. The summed E-state index contributed by atoms with van der Waals surface area (Å²) < 4.78 is 18.3.